The van der Waals surface area contributed by atoms with Gasteiger partial charge in [0, 0.05) is 43.1 Å². The highest BCUT2D eigenvalue weighted by Crippen LogP contribution is 2.23. The molecule has 1 amide bonds. The van der Waals surface area contributed by atoms with Gasteiger partial charge in [0.25, 0.3) is 0 Å². The normalized spacial score (nSPS) is 16.7. The third kappa shape index (κ3) is 4.50. The van der Waals surface area contributed by atoms with Crippen molar-refractivity contribution in [1.29, 1.82) is 0 Å². The van der Waals surface area contributed by atoms with Gasteiger partial charge in [0.05, 0.1) is 16.9 Å². The summed E-state index contributed by atoms with van der Waals surface area (Å²) in [6.45, 7) is 13.3. The second-order valence-electron chi connectivity index (χ2n) is 10.4. The van der Waals surface area contributed by atoms with Crippen molar-refractivity contribution in [1.82, 2.24) is 28.9 Å². The lowest BCUT2D eigenvalue weighted by Crippen LogP contribution is -2.55. The zero-order valence-corrected chi connectivity index (χ0v) is 21.5. The summed E-state index contributed by atoms with van der Waals surface area (Å²) in [5, 5.41) is 4.48. The van der Waals surface area contributed by atoms with Gasteiger partial charge in [0.15, 0.2) is 5.82 Å². The van der Waals surface area contributed by atoms with Crippen LogP contribution in [0.25, 0.3) is 22.6 Å². The van der Waals surface area contributed by atoms with Crippen LogP contribution in [0.5, 0.6) is 0 Å². The molecule has 0 saturated carbocycles. The number of aryl methyl sites for hydroxylation is 2. The van der Waals surface area contributed by atoms with E-state index < -0.39 is 5.60 Å². The number of aromatic nitrogens is 5. The van der Waals surface area contributed by atoms with Gasteiger partial charge in [-0.3, -0.25) is 0 Å². The molecule has 0 N–H and O–H groups in total. The molecule has 1 aliphatic heterocycles. The van der Waals surface area contributed by atoms with Gasteiger partial charge >= 0.3 is 11.8 Å². The maximum Gasteiger partial charge on any atom is 0.410 e. The number of hydrogen-bond acceptors (Lipinski definition) is 7. The van der Waals surface area contributed by atoms with E-state index in [1.54, 1.807) is 11.1 Å². The van der Waals surface area contributed by atoms with Crippen LogP contribution in [-0.4, -0.2) is 66.3 Å². The maximum atomic E-state index is 13.0. The van der Waals surface area contributed by atoms with E-state index in [9.17, 15) is 9.59 Å². The van der Waals surface area contributed by atoms with Crippen molar-refractivity contribution in [3.8, 4) is 11.4 Å². The molecule has 10 heteroatoms. The van der Waals surface area contributed by atoms with E-state index in [4.69, 9.17) is 4.74 Å². The minimum absolute atomic E-state index is 0.0371. The lowest BCUT2D eigenvalue weighted by Gasteiger charge is -2.41. The lowest BCUT2D eigenvalue weighted by molar-refractivity contribution is 0.0159. The van der Waals surface area contributed by atoms with E-state index in [0.717, 1.165) is 28.2 Å². The second-order valence-corrected chi connectivity index (χ2v) is 10.4. The van der Waals surface area contributed by atoms with E-state index in [1.165, 1.54) is 4.40 Å². The Morgan fingerprint density at radius 3 is 2.58 bits per heavy atom. The van der Waals surface area contributed by atoms with Gasteiger partial charge < -0.3 is 14.5 Å². The summed E-state index contributed by atoms with van der Waals surface area (Å²) in [6.07, 6.45) is 1.47. The third-order valence-corrected chi connectivity index (χ3v) is 6.28. The first-order valence-corrected chi connectivity index (χ1v) is 12.1. The molecule has 0 aromatic carbocycles. The predicted octanol–water partition coefficient (Wildman–Crippen LogP) is 3.47. The second kappa shape index (κ2) is 8.61. The van der Waals surface area contributed by atoms with Crippen LogP contribution >= 0.6 is 0 Å². The summed E-state index contributed by atoms with van der Waals surface area (Å²) in [6, 6.07) is 9.62. The zero-order chi connectivity index (χ0) is 25.8. The van der Waals surface area contributed by atoms with E-state index >= 15 is 0 Å². The monoisotopic (exact) mass is 489 g/mol. The van der Waals surface area contributed by atoms with Crippen molar-refractivity contribution in [3.63, 3.8) is 0 Å². The molecule has 0 bridgehead atoms. The fraction of sp³-hybridized carbons (Fsp3) is 0.423. The van der Waals surface area contributed by atoms with Crippen molar-refractivity contribution in [2.75, 3.05) is 24.5 Å². The molecule has 4 aromatic heterocycles. The first-order chi connectivity index (χ1) is 17.0. The average molecular weight is 490 g/mol. The number of ether oxygens (including phenoxy) is 1. The molecule has 5 heterocycles. The van der Waals surface area contributed by atoms with Gasteiger partial charge in [0.1, 0.15) is 11.2 Å². The van der Waals surface area contributed by atoms with Crippen molar-refractivity contribution < 1.29 is 9.53 Å². The van der Waals surface area contributed by atoms with Gasteiger partial charge in [-0.1, -0.05) is 0 Å². The van der Waals surface area contributed by atoms with Crippen LogP contribution in [0.3, 0.4) is 0 Å². The average Bonchev–Trinajstić information content (AvgIpc) is 3.18. The number of nitrogens with zero attached hydrogens (tertiary/aromatic N) is 7. The number of carbonyl (C=O) groups excluding carboxylic acids is 1. The minimum Gasteiger partial charge on any atom is -0.444 e. The fourth-order valence-electron chi connectivity index (χ4n) is 4.63. The quantitative estimate of drug-likeness (QED) is 0.425. The molecule has 10 nitrogen and oxygen atoms in total. The molecule has 0 aliphatic carbocycles. The van der Waals surface area contributed by atoms with Gasteiger partial charge in [0.2, 0.25) is 0 Å². The van der Waals surface area contributed by atoms with E-state index in [0.29, 0.717) is 31.1 Å². The van der Waals surface area contributed by atoms with Gasteiger partial charge in [-0.05, 0) is 71.9 Å². The molecule has 1 atom stereocenters. The molecule has 188 valence electrons. The Morgan fingerprint density at radius 2 is 1.86 bits per heavy atom. The summed E-state index contributed by atoms with van der Waals surface area (Å²) in [4.78, 5) is 38.4. The van der Waals surface area contributed by atoms with Crippen LogP contribution in [0.2, 0.25) is 0 Å². The van der Waals surface area contributed by atoms with Crippen LogP contribution in [0, 0.1) is 13.8 Å². The van der Waals surface area contributed by atoms with Crippen molar-refractivity contribution in [2.45, 2.75) is 53.2 Å². The molecule has 36 heavy (non-hydrogen) atoms. The lowest BCUT2D eigenvalue weighted by atomic mass is 10.1. The van der Waals surface area contributed by atoms with Crippen molar-refractivity contribution in [3.05, 3.63) is 58.4 Å². The molecule has 5 rings (SSSR count). The highest BCUT2D eigenvalue weighted by Gasteiger charge is 2.31. The number of fused-ring (bicyclic) bond motifs is 2. The van der Waals surface area contributed by atoms with Crippen LogP contribution in [0.15, 0.2) is 41.3 Å². The van der Waals surface area contributed by atoms with Gasteiger partial charge in [-0.25, -0.2) is 23.5 Å². The smallest absolute Gasteiger partial charge is 0.410 e. The number of carbonyl (C=O) groups is 1. The summed E-state index contributed by atoms with van der Waals surface area (Å²) >= 11 is 0. The summed E-state index contributed by atoms with van der Waals surface area (Å²) in [5.41, 5.74) is 4.05. The van der Waals surface area contributed by atoms with Crippen LogP contribution < -0.4 is 10.6 Å². The Morgan fingerprint density at radius 1 is 1.08 bits per heavy atom. The van der Waals surface area contributed by atoms with E-state index in [1.807, 2.05) is 76.4 Å². The summed E-state index contributed by atoms with van der Waals surface area (Å²) < 4.78 is 8.88. The standard InChI is InChI=1S/C26H31N7O3/c1-16-11-21-13-19(12-17(2)33(21)29-16)23-27-22-8-7-20(15-32(22)24(34)28-23)30-9-10-31(18(3)14-30)25(35)36-26(4,5)6/h7-8,11-13,15,18H,9-10,14H2,1-6H3/t18-/m0/s1. The molecular weight excluding hydrogens is 458 g/mol. The molecule has 1 fully saturated rings. The summed E-state index contributed by atoms with van der Waals surface area (Å²) in [5.74, 6) is 0.386. The van der Waals surface area contributed by atoms with Gasteiger partial charge in [-0.15, -0.1) is 0 Å². The molecule has 0 unspecified atom stereocenters. The Labute approximate surface area is 209 Å². The number of pyridine rings is 2. The molecule has 4 aromatic rings. The van der Waals surface area contributed by atoms with Gasteiger partial charge in [-0.2, -0.15) is 10.1 Å². The zero-order valence-electron chi connectivity index (χ0n) is 21.5. The molecule has 0 radical (unpaired) electrons. The maximum absolute atomic E-state index is 13.0. The highest BCUT2D eigenvalue weighted by molar-refractivity contribution is 5.69. The number of piperazine rings is 1. The summed E-state index contributed by atoms with van der Waals surface area (Å²) in [7, 11) is 0. The Bertz CT molecular complexity index is 1530. The van der Waals surface area contributed by atoms with E-state index in [-0.39, 0.29) is 17.8 Å². The topological polar surface area (TPSA) is 97.3 Å². The molecule has 0 spiro atoms. The van der Waals surface area contributed by atoms with E-state index in [2.05, 4.69) is 20.0 Å². The number of anilines is 1. The Kier molecular flexibility index (Phi) is 5.69. The van der Waals surface area contributed by atoms with Crippen molar-refractivity contribution >= 4 is 22.9 Å². The minimum atomic E-state index is -0.533. The molecule has 1 aliphatic rings. The fourth-order valence-corrected chi connectivity index (χ4v) is 4.63. The van der Waals surface area contributed by atoms with Crippen LogP contribution in [0.1, 0.15) is 39.1 Å². The molecule has 1 saturated heterocycles. The Balaban J connectivity index is 1.41. The molecular formula is C26H31N7O3. The highest BCUT2D eigenvalue weighted by atomic mass is 16.6. The first-order valence-electron chi connectivity index (χ1n) is 12.1. The third-order valence-electron chi connectivity index (χ3n) is 6.28. The Hall–Kier alpha value is -3.95. The predicted molar refractivity (Wildman–Crippen MR) is 138 cm³/mol. The van der Waals surface area contributed by atoms with Crippen LogP contribution in [-0.2, 0) is 4.74 Å². The number of hydrogen-bond donors (Lipinski definition) is 0. The SMILES string of the molecule is Cc1cc2cc(-c3nc(=O)n4cc(N5CCN(C(=O)OC(C)(C)C)[C@@H](C)C5)ccc4n3)cc(C)n2n1. The largest absolute Gasteiger partial charge is 0.444 e. The number of amides is 1. The number of rotatable bonds is 2. The van der Waals surface area contributed by atoms with Crippen LogP contribution in [0.4, 0.5) is 10.5 Å². The van der Waals surface area contributed by atoms with Crippen molar-refractivity contribution in [2.24, 2.45) is 0 Å². The first kappa shape index (κ1) is 23.8.